The number of carbonyl (C=O) groups is 2. The van der Waals surface area contributed by atoms with Gasteiger partial charge < -0.3 is 11.5 Å². The second-order valence-electron chi connectivity index (χ2n) is 2.13. The molecular formula is C5H12N4O2. The minimum atomic E-state index is -0.678. The van der Waals surface area contributed by atoms with Crippen LogP contribution < -0.4 is 22.7 Å². The summed E-state index contributed by atoms with van der Waals surface area (Å²) in [5, 5.41) is 0. The van der Waals surface area contributed by atoms with Gasteiger partial charge in [-0.05, 0) is 6.42 Å². The smallest absolute Gasteiger partial charge is 0.235 e. The number of amides is 2. The molecule has 0 heterocycles. The molecule has 0 saturated carbocycles. The Kier molecular flexibility index (Phi) is 4.16. The largest absolute Gasteiger partial charge is 0.370 e. The van der Waals surface area contributed by atoms with Crippen molar-refractivity contribution in [1.29, 1.82) is 0 Å². The normalized spacial score (nSPS) is 12.5. The lowest BCUT2D eigenvalue weighted by Gasteiger charge is -2.09. The van der Waals surface area contributed by atoms with Crippen molar-refractivity contribution < 1.29 is 9.59 Å². The lowest BCUT2D eigenvalue weighted by Crippen LogP contribution is -2.45. The summed E-state index contributed by atoms with van der Waals surface area (Å²) in [6.45, 7) is 0. The molecule has 0 aliphatic rings. The molecule has 0 rings (SSSR count). The maximum Gasteiger partial charge on any atom is 0.235 e. The summed E-state index contributed by atoms with van der Waals surface area (Å²) < 4.78 is 0. The van der Waals surface area contributed by atoms with Crippen LogP contribution in [0.25, 0.3) is 0 Å². The summed E-state index contributed by atoms with van der Waals surface area (Å²) >= 11 is 0. The molecule has 6 heteroatoms. The number of hydrogen-bond donors (Lipinski definition) is 4. The first-order chi connectivity index (χ1) is 5.07. The van der Waals surface area contributed by atoms with E-state index in [9.17, 15) is 9.59 Å². The molecule has 11 heavy (non-hydrogen) atoms. The van der Waals surface area contributed by atoms with E-state index in [1.165, 1.54) is 0 Å². The monoisotopic (exact) mass is 160 g/mol. The summed E-state index contributed by atoms with van der Waals surface area (Å²) in [6.07, 6.45) is 0.332. The Labute approximate surface area is 64.1 Å². The van der Waals surface area contributed by atoms with Crippen LogP contribution >= 0.6 is 0 Å². The zero-order valence-electron chi connectivity index (χ0n) is 6.04. The van der Waals surface area contributed by atoms with Gasteiger partial charge in [0.2, 0.25) is 11.8 Å². The average molecular weight is 160 g/mol. The van der Waals surface area contributed by atoms with Gasteiger partial charge in [-0.1, -0.05) is 0 Å². The lowest BCUT2D eigenvalue weighted by molar-refractivity contribution is -0.121. The number of nitrogens with two attached hydrogens (primary N) is 3. The van der Waals surface area contributed by atoms with Crippen molar-refractivity contribution in [3.63, 3.8) is 0 Å². The average Bonchev–Trinajstić information content (AvgIpc) is 1.87. The minimum Gasteiger partial charge on any atom is -0.370 e. The second-order valence-corrected chi connectivity index (χ2v) is 2.13. The van der Waals surface area contributed by atoms with E-state index in [2.05, 4.69) is 5.43 Å². The summed E-state index contributed by atoms with van der Waals surface area (Å²) in [6, 6.07) is -0.678. The van der Waals surface area contributed by atoms with E-state index in [0.29, 0.717) is 0 Å². The summed E-state index contributed by atoms with van der Waals surface area (Å²) in [4.78, 5) is 20.7. The number of hydrogen-bond acceptors (Lipinski definition) is 4. The first-order valence-corrected chi connectivity index (χ1v) is 3.11. The van der Waals surface area contributed by atoms with E-state index < -0.39 is 17.9 Å². The molecule has 0 aliphatic heterocycles. The van der Waals surface area contributed by atoms with E-state index >= 15 is 0 Å². The van der Waals surface area contributed by atoms with E-state index in [1.54, 1.807) is 0 Å². The zero-order chi connectivity index (χ0) is 8.85. The highest BCUT2D eigenvalue weighted by Crippen LogP contribution is 1.93. The van der Waals surface area contributed by atoms with E-state index in [-0.39, 0.29) is 12.8 Å². The number of carbonyl (C=O) groups excluding carboxylic acids is 2. The third kappa shape index (κ3) is 4.29. The molecule has 0 bridgehead atoms. The van der Waals surface area contributed by atoms with E-state index in [1.807, 2.05) is 0 Å². The van der Waals surface area contributed by atoms with Crippen LogP contribution in [0.4, 0.5) is 0 Å². The van der Waals surface area contributed by atoms with Crippen molar-refractivity contribution in [2.45, 2.75) is 18.9 Å². The summed E-state index contributed by atoms with van der Waals surface area (Å²) in [5.41, 5.74) is 11.9. The molecule has 7 N–H and O–H groups in total. The lowest BCUT2D eigenvalue weighted by atomic mass is 10.1. The number of hydrazine groups is 1. The van der Waals surface area contributed by atoms with Gasteiger partial charge in [-0.3, -0.25) is 15.4 Å². The van der Waals surface area contributed by atoms with Crippen molar-refractivity contribution in [2.24, 2.45) is 17.3 Å². The number of primary amides is 2. The van der Waals surface area contributed by atoms with Gasteiger partial charge in [-0.15, -0.1) is 0 Å². The Bertz CT molecular complexity index is 159. The van der Waals surface area contributed by atoms with Crippen LogP contribution in [-0.2, 0) is 9.59 Å². The molecule has 0 saturated heterocycles. The maximum atomic E-state index is 10.5. The maximum absolute atomic E-state index is 10.5. The standard InChI is InChI=1S/C5H12N4O2/c6-4(10)2-1-3(9-8)5(7)11/h3,9H,1-2,8H2,(H2,6,10)(H2,7,11)/t3-/m1/s1. The van der Waals surface area contributed by atoms with E-state index in [0.717, 1.165) is 0 Å². The SMILES string of the molecule is NN[C@H](CCC(N)=O)C(N)=O. The summed E-state index contributed by atoms with van der Waals surface area (Å²) in [5.74, 6) is 3.89. The molecule has 0 spiro atoms. The van der Waals surface area contributed by atoms with Gasteiger partial charge in [0.15, 0.2) is 0 Å². The molecule has 6 nitrogen and oxygen atoms in total. The molecular weight excluding hydrogens is 148 g/mol. The number of rotatable bonds is 5. The molecule has 0 aromatic carbocycles. The topological polar surface area (TPSA) is 124 Å². The van der Waals surface area contributed by atoms with Gasteiger partial charge in [0.05, 0.1) is 6.04 Å². The second kappa shape index (κ2) is 4.64. The van der Waals surface area contributed by atoms with Crippen LogP contribution in [-0.4, -0.2) is 17.9 Å². The molecule has 0 aliphatic carbocycles. The van der Waals surface area contributed by atoms with Gasteiger partial charge in [0.1, 0.15) is 0 Å². The molecule has 0 aromatic heterocycles. The first-order valence-electron chi connectivity index (χ1n) is 3.11. The molecule has 0 fully saturated rings. The van der Waals surface area contributed by atoms with Gasteiger partial charge in [-0.25, -0.2) is 5.43 Å². The molecule has 0 unspecified atom stereocenters. The Morgan fingerprint density at radius 3 is 2.18 bits per heavy atom. The van der Waals surface area contributed by atoms with Gasteiger partial charge in [-0.2, -0.15) is 0 Å². The van der Waals surface area contributed by atoms with Gasteiger partial charge in [0.25, 0.3) is 0 Å². The first kappa shape index (κ1) is 9.86. The highest BCUT2D eigenvalue weighted by Gasteiger charge is 2.13. The summed E-state index contributed by atoms with van der Waals surface area (Å²) in [7, 11) is 0. The molecule has 2 amide bonds. The Balaban J connectivity index is 3.70. The fourth-order valence-corrected chi connectivity index (χ4v) is 0.594. The van der Waals surface area contributed by atoms with Crippen LogP contribution in [0.5, 0.6) is 0 Å². The van der Waals surface area contributed by atoms with Gasteiger partial charge in [0, 0.05) is 6.42 Å². The van der Waals surface area contributed by atoms with Crippen molar-refractivity contribution in [1.82, 2.24) is 5.43 Å². The predicted molar refractivity (Wildman–Crippen MR) is 38.7 cm³/mol. The predicted octanol–water partition coefficient (Wildman–Crippen LogP) is -2.43. The highest BCUT2D eigenvalue weighted by atomic mass is 16.1. The Morgan fingerprint density at radius 2 is 1.91 bits per heavy atom. The van der Waals surface area contributed by atoms with Crippen LogP contribution in [0.2, 0.25) is 0 Å². The highest BCUT2D eigenvalue weighted by molar-refractivity contribution is 5.81. The molecule has 64 valence electrons. The molecule has 0 radical (unpaired) electrons. The van der Waals surface area contributed by atoms with Crippen molar-refractivity contribution in [3.05, 3.63) is 0 Å². The minimum absolute atomic E-state index is 0.0950. The zero-order valence-corrected chi connectivity index (χ0v) is 6.04. The van der Waals surface area contributed by atoms with Crippen LogP contribution in [0.3, 0.4) is 0 Å². The van der Waals surface area contributed by atoms with Crippen LogP contribution in [0, 0.1) is 0 Å². The fraction of sp³-hybridized carbons (Fsp3) is 0.600. The van der Waals surface area contributed by atoms with Crippen LogP contribution in [0.15, 0.2) is 0 Å². The Hall–Kier alpha value is -1.14. The van der Waals surface area contributed by atoms with Gasteiger partial charge >= 0.3 is 0 Å². The number of nitrogens with one attached hydrogen (secondary N) is 1. The Morgan fingerprint density at radius 1 is 1.36 bits per heavy atom. The third-order valence-corrected chi connectivity index (χ3v) is 1.22. The van der Waals surface area contributed by atoms with Crippen LogP contribution in [0.1, 0.15) is 12.8 Å². The van der Waals surface area contributed by atoms with Crippen molar-refractivity contribution >= 4 is 11.8 Å². The quantitative estimate of drug-likeness (QED) is 0.263. The molecule has 1 atom stereocenters. The third-order valence-electron chi connectivity index (χ3n) is 1.22. The van der Waals surface area contributed by atoms with E-state index in [4.69, 9.17) is 17.3 Å². The van der Waals surface area contributed by atoms with Crippen molar-refractivity contribution in [2.75, 3.05) is 0 Å². The fourth-order valence-electron chi connectivity index (χ4n) is 0.594. The van der Waals surface area contributed by atoms with Crippen molar-refractivity contribution in [3.8, 4) is 0 Å². The molecule has 0 aromatic rings.